The second kappa shape index (κ2) is 13.4. The Bertz CT molecular complexity index is 1420. The molecule has 0 spiro atoms. The molecular weight excluding hydrogens is 548 g/mol. The highest BCUT2D eigenvalue weighted by Gasteiger charge is 2.30. The number of imidazole rings is 1. The van der Waals surface area contributed by atoms with Gasteiger partial charge in [-0.25, -0.2) is 9.97 Å². The number of aromatic nitrogens is 4. The number of piperazine rings is 1. The van der Waals surface area contributed by atoms with Gasteiger partial charge in [-0.3, -0.25) is 9.59 Å². The summed E-state index contributed by atoms with van der Waals surface area (Å²) in [5, 5.41) is 12.6. The fourth-order valence-electron chi connectivity index (χ4n) is 5.91. The average Bonchev–Trinajstić information content (AvgIpc) is 3.57. The number of benzene rings is 1. The molecule has 3 fully saturated rings. The zero-order valence-corrected chi connectivity index (χ0v) is 24.6. The van der Waals surface area contributed by atoms with Crippen LogP contribution in [0.2, 0.25) is 0 Å². The summed E-state index contributed by atoms with van der Waals surface area (Å²) in [6.07, 6.45) is 6.68. The van der Waals surface area contributed by atoms with Gasteiger partial charge in [-0.15, -0.1) is 0 Å². The van der Waals surface area contributed by atoms with Crippen LogP contribution in [0, 0.1) is 0 Å². The number of anilines is 4. The van der Waals surface area contributed by atoms with Crippen LogP contribution in [0.25, 0.3) is 11.4 Å². The van der Waals surface area contributed by atoms with E-state index in [2.05, 4.69) is 46.1 Å². The van der Waals surface area contributed by atoms with Crippen molar-refractivity contribution in [2.45, 2.75) is 44.2 Å². The first-order chi connectivity index (χ1) is 21.1. The number of aromatic amines is 1. The van der Waals surface area contributed by atoms with Crippen molar-refractivity contribution in [2.24, 2.45) is 0 Å². The van der Waals surface area contributed by atoms with Gasteiger partial charge in [-0.05, 0) is 25.0 Å². The van der Waals surface area contributed by atoms with E-state index < -0.39 is 6.10 Å². The average molecular weight is 589 g/mol. The van der Waals surface area contributed by atoms with E-state index >= 15 is 0 Å². The second-order valence-electron chi connectivity index (χ2n) is 11.2. The molecule has 5 N–H and O–H groups in total. The van der Waals surface area contributed by atoms with Crippen LogP contribution in [0.3, 0.4) is 0 Å². The van der Waals surface area contributed by atoms with Crippen LogP contribution in [-0.4, -0.2) is 96.8 Å². The minimum atomic E-state index is -0.572. The first-order valence-corrected chi connectivity index (χ1v) is 15.2. The maximum atomic E-state index is 13.2. The highest BCUT2D eigenvalue weighted by molar-refractivity contribution is 6.04. The van der Waals surface area contributed by atoms with Crippen LogP contribution in [0.1, 0.15) is 42.7 Å². The van der Waals surface area contributed by atoms with E-state index in [0.29, 0.717) is 42.9 Å². The minimum absolute atomic E-state index is 0.0683. The van der Waals surface area contributed by atoms with Crippen molar-refractivity contribution in [3.8, 4) is 11.4 Å². The van der Waals surface area contributed by atoms with Gasteiger partial charge in [-0.2, -0.15) is 4.98 Å². The summed E-state index contributed by atoms with van der Waals surface area (Å²) >= 11 is 0. The van der Waals surface area contributed by atoms with Gasteiger partial charge in [-0.1, -0.05) is 31.4 Å². The van der Waals surface area contributed by atoms with Gasteiger partial charge in [0.25, 0.3) is 11.8 Å². The number of nitrogens with zero attached hydrogens (tertiary/aromatic N) is 5. The molecular formula is C30H40N10O3. The van der Waals surface area contributed by atoms with Crippen molar-refractivity contribution < 1.29 is 14.3 Å². The summed E-state index contributed by atoms with van der Waals surface area (Å²) in [4.78, 5) is 47.4. The topological polar surface area (TPSA) is 152 Å². The Kier molecular flexibility index (Phi) is 8.99. The molecule has 1 unspecified atom stereocenters. The van der Waals surface area contributed by atoms with Crippen LogP contribution < -0.4 is 31.1 Å². The predicted octanol–water partition coefficient (Wildman–Crippen LogP) is 2.22. The lowest BCUT2D eigenvalue weighted by Gasteiger charge is -2.34. The van der Waals surface area contributed by atoms with Crippen molar-refractivity contribution in [3.05, 3.63) is 42.4 Å². The zero-order chi connectivity index (χ0) is 29.6. The normalized spacial score (nSPS) is 19.6. The maximum Gasteiger partial charge on any atom is 0.291 e. The van der Waals surface area contributed by atoms with Crippen LogP contribution in [0.15, 0.2) is 36.5 Å². The lowest BCUT2D eigenvalue weighted by atomic mass is 9.95. The Morgan fingerprint density at radius 2 is 1.79 bits per heavy atom. The predicted molar refractivity (Wildman–Crippen MR) is 166 cm³/mol. The third-order valence-electron chi connectivity index (χ3n) is 8.24. The molecule has 1 saturated carbocycles. The fourth-order valence-corrected chi connectivity index (χ4v) is 5.91. The van der Waals surface area contributed by atoms with E-state index in [1.54, 1.807) is 13.2 Å². The van der Waals surface area contributed by atoms with Gasteiger partial charge >= 0.3 is 0 Å². The summed E-state index contributed by atoms with van der Waals surface area (Å²) < 4.78 is 5.85. The number of para-hydroxylation sites is 2. The number of carbonyl (C=O) groups is 2. The van der Waals surface area contributed by atoms with E-state index in [9.17, 15) is 9.59 Å². The number of hydrogen-bond acceptors (Lipinski definition) is 10. The number of carbonyl (C=O) groups excluding carboxylic acids is 2. The molecule has 2 amide bonds. The maximum absolute atomic E-state index is 13.2. The largest absolute Gasteiger partial charge is 0.367 e. The van der Waals surface area contributed by atoms with Gasteiger partial charge in [0.1, 0.15) is 11.5 Å². The number of H-pyrrole nitrogens is 1. The number of rotatable bonds is 8. The molecule has 2 aliphatic heterocycles. The number of ether oxygens (including phenoxy) is 1. The smallest absolute Gasteiger partial charge is 0.291 e. The van der Waals surface area contributed by atoms with Crippen LogP contribution in [-0.2, 0) is 9.53 Å². The van der Waals surface area contributed by atoms with Crippen LogP contribution in [0.5, 0.6) is 0 Å². The molecule has 2 saturated heterocycles. The second-order valence-corrected chi connectivity index (χ2v) is 11.2. The van der Waals surface area contributed by atoms with Gasteiger partial charge in [0.2, 0.25) is 5.95 Å². The molecule has 3 aliphatic rings. The Hall–Kier alpha value is -4.23. The van der Waals surface area contributed by atoms with Crippen LogP contribution >= 0.6 is 0 Å². The highest BCUT2D eigenvalue weighted by Crippen LogP contribution is 2.28. The zero-order valence-electron chi connectivity index (χ0n) is 24.6. The SMILES string of the molecule is CNc1nc(-c2c[nH]c(C(=O)Nc3ccccc3N3CCNCC3)n2)cc(N2CCOC(C(=O)NC3CCCCC3)C2)n1. The molecule has 13 nitrogen and oxygen atoms in total. The summed E-state index contributed by atoms with van der Waals surface area (Å²) in [5.74, 6) is 0.855. The quantitative estimate of drug-likeness (QED) is 0.265. The minimum Gasteiger partial charge on any atom is -0.367 e. The third kappa shape index (κ3) is 6.89. The van der Waals surface area contributed by atoms with Crippen molar-refractivity contribution in [1.29, 1.82) is 0 Å². The number of morpholine rings is 1. The van der Waals surface area contributed by atoms with Crippen molar-refractivity contribution in [1.82, 2.24) is 30.6 Å². The van der Waals surface area contributed by atoms with Crippen molar-refractivity contribution >= 4 is 35.0 Å². The molecule has 13 heteroatoms. The van der Waals surface area contributed by atoms with E-state index in [1.165, 1.54) is 6.42 Å². The molecule has 4 heterocycles. The van der Waals surface area contributed by atoms with E-state index in [1.807, 2.05) is 35.2 Å². The molecule has 0 radical (unpaired) electrons. The Labute approximate surface area is 251 Å². The molecule has 1 aliphatic carbocycles. The summed E-state index contributed by atoms with van der Waals surface area (Å²) in [6, 6.07) is 9.87. The van der Waals surface area contributed by atoms with E-state index in [4.69, 9.17) is 4.74 Å². The summed E-state index contributed by atoms with van der Waals surface area (Å²) in [5.41, 5.74) is 2.80. The Morgan fingerprint density at radius 3 is 2.60 bits per heavy atom. The van der Waals surface area contributed by atoms with E-state index in [-0.39, 0.29) is 23.7 Å². The fraction of sp³-hybridized carbons (Fsp3) is 0.500. The Morgan fingerprint density at radius 1 is 0.977 bits per heavy atom. The summed E-state index contributed by atoms with van der Waals surface area (Å²) in [6.45, 7) is 4.94. The van der Waals surface area contributed by atoms with Crippen molar-refractivity contribution in [2.75, 3.05) is 73.4 Å². The number of amides is 2. The van der Waals surface area contributed by atoms with Gasteiger partial charge < -0.3 is 40.8 Å². The molecule has 6 rings (SSSR count). The molecule has 1 atom stereocenters. The van der Waals surface area contributed by atoms with Gasteiger partial charge in [0, 0.05) is 58.1 Å². The molecule has 43 heavy (non-hydrogen) atoms. The Balaban J connectivity index is 1.16. The molecule has 2 aromatic heterocycles. The lowest BCUT2D eigenvalue weighted by Crippen LogP contribution is -2.52. The van der Waals surface area contributed by atoms with Gasteiger partial charge in [0.15, 0.2) is 11.9 Å². The first-order valence-electron chi connectivity index (χ1n) is 15.2. The molecule has 3 aromatic rings. The molecule has 0 bridgehead atoms. The lowest BCUT2D eigenvalue weighted by molar-refractivity contribution is -0.134. The number of hydrogen-bond donors (Lipinski definition) is 5. The van der Waals surface area contributed by atoms with Crippen LogP contribution in [0.4, 0.5) is 23.1 Å². The van der Waals surface area contributed by atoms with E-state index in [0.717, 1.165) is 63.2 Å². The number of nitrogens with one attached hydrogen (secondary N) is 5. The monoisotopic (exact) mass is 588 g/mol. The first kappa shape index (κ1) is 28.9. The van der Waals surface area contributed by atoms with Gasteiger partial charge in [0.05, 0.1) is 30.2 Å². The van der Waals surface area contributed by atoms with Crippen molar-refractivity contribution in [3.63, 3.8) is 0 Å². The summed E-state index contributed by atoms with van der Waals surface area (Å²) in [7, 11) is 1.75. The third-order valence-corrected chi connectivity index (χ3v) is 8.24. The molecule has 1 aromatic carbocycles. The standard InChI is InChI=1S/C30H40N10O3/c1-31-30-37-22(17-26(38-30)40-15-16-43-25(19-40)28(41)34-20-7-3-2-4-8-20)23-18-33-27(35-23)29(42)36-21-9-5-6-10-24(21)39-13-11-32-12-14-39/h5-6,9-10,17-18,20,25,32H,2-4,7-8,11-16,19H2,1H3,(H,33,35)(H,34,41)(H,36,42)(H,31,37,38). The highest BCUT2D eigenvalue weighted by atomic mass is 16.5. The molecule has 228 valence electrons.